The summed E-state index contributed by atoms with van der Waals surface area (Å²) in [7, 11) is 0. The van der Waals surface area contributed by atoms with E-state index in [4.69, 9.17) is 19.7 Å². The van der Waals surface area contributed by atoms with Crippen molar-refractivity contribution in [1.29, 1.82) is 0 Å². The van der Waals surface area contributed by atoms with Gasteiger partial charge in [-0.1, -0.05) is 32.8 Å². The fourth-order valence-electron chi connectivity index (χ4n) is 2.53. The van der Waals surface area contributed by atoms with E-state index in [9.17, 15) is 9.59 Å². The van der Waals surface area contributed by atoms with Crippen LogP contribution in [0, 0.1) is 0 Å². The van der Waals surface area contributed by atoms with Crippen LogP contribution in [0.3, 0.4) is 0 Å². The maximum absolute atomic E-state index is 10.6. The lowest BCUT2D eigenvalue weighted by molar-refractivity contribution is 0.112. The summed E-state index contributed by atoms with van der Waals surface area (Å²) in [5, 5.41) is 18.0. The SMILES string of the molecule is CCCCOc1cc(C=O)cc(C=O)c1.CCCCOc1cc(CO)cc(CO)c1. The number of rotatable bonds is 12. The zero-order chi connectivity index (χ0) is 22.2. The molecule has 0 aromatic heterocycles. The predicted molar refractivity (Wildman–Crippen MR) is 116 cm³/mol. The molecule has 6 nitrogen and oxygen atoms in total. The highest BCUT2D eigenvalue weighted by molar-refractivity contribution is 5.83. The van der Waals surface area contributed by atoms with Crippen LogP contribution in [0.4, 0.5) is 0 Å². The number of hydrogen-bond donors (Lipinski definition) is 2. The Hall–Kier alpha value is -2.70. The maximum atomic E-state index is 10.6. The van der Waals surface area contributed by atoms with Crippen molar-refractivity contribution in [2.24, 2.45) is 0 Å². The van der Waals surface area contributed by atoms with E-state index in [1.54, 1.807) is 30.3 Å². The average Bonchev–Trinajstić information content (AvgIpc) is 2.79. The summed E-state index contributed by atoms with van der Waals surface area (Å²) in [6, 6.07) is 10.2. The van der Waals surface area contributed by atoms with Crippen LogP contribution in [-0.2, 0) is 13.2 Å². The highest BCUT2D eigenvalue weighted by atomic mass is 16.5. The van der Waals surface area contributed by atoms with Gasteiger partial charge in [-0.15, -0.1) is 0 Å². The van der Waals surface area contributed by atoms with Gasteiger partial charge in [0, 0.05) is 11.1 Å². The molecule has 164 valence electrons. The molecule has 0 atom stereocenters. The highest BCUT2D eigenvalue weighted by Crippen LogP contribution is 2.18. The molecule has 0 aliphatic carbocycles. The molecule has 0 fully saturated rings. The Labute approximate surface area is 178 Å². The topological polar surface area (TPSA) is 93.1 Å². The average molecular weight is 417 g/mol. The van der Waals surface area contributed by atoms with E-state index in [2.05, 4.69) is 13.8 Å². The van der Waals surface area contributed by atoms with Gasteiger partial charge in [-0.05, 0) is 54.3 Å². The van der Waals surface area contributed by atoms with Crippen molar-refractivity contribution < 1.29 is 29.3 Å². The Bertz CT molecular complexity index is 724. The molecule has 2 aromatic carbocycles. The number of hydrogen-bond acceptors (Lipinski definition) is 6. The van der Waals surface area contributed by atoms with Crippen LogP contribution in [0.2, 0.25) is 0 Å². The van der Waals surface area contributed by atoms with E-state index in [1.165, 1.54) is 6.07 Å². The minimum absolute atomic E-state index is 0.0298. The monoisotopic (exact) mass is 416 g/mol. The Kier molecular flexibility index (Phi) is 12.8. The molecule has 0 saturated carbocycles. The van der Waals surface area contributed by atoms with E-state index in [0.29, 0.717) is 42.7 Å². The van der Waals surface area contributed by atoms with E-state index in [0.717, 1.165) is 42.6 Å². The van der Waals surface area contributed by atoms with Crippen LogP contribution in [0.15, 0.2) is 36.4 Å². The molecule has 2 aromatic rings. The molecule has 0 radical (unpaired) electrons. The minimum Gasteiger partial charge on any atom is -0.494 e. The van der Waals surface area contributed by atoms with Gasteiger partial charge in [-0.3, -0.25) is 9.59 Å². The normalized spacial score (nSPS) is 10.0. The lowest BCUT2D eigenvalue weighted by Crippen LogP contribution is -1.98. The van der Waals surface area contributed by atoms with Crippen molar-refractivity contribution in [3.63, 3.8) is 0 Å². The zero-order valence-corrected chi connectivity index (χ0v) is 17.8. The number of carbonyl (C=O) groups excluding carboxylic acids is 2. The molecule has 0 bridgehead atoms. The van der Waals surface area contributed by atoms with Crippen molar-refractivity contribution in [1.82, 2.24) is 0 Å². The summed E-state index contributed by atoms with van der Waals surface area (Å²) in [6.07, 6.45) is 5.53. The van der Waals surface area contributed by atoms with Gasteiger partial charge in [0.05, 0.1) is 26.4 Å². The first-order valence-electron chi connectivity index (χ1n) is 10.3. The molecular weight excluding hydrogens is 384 g/mol. The number of carbonyl (C=O) groups is 2. The molecule has 2 N–H and O–H groups in total. The number of benzene rings is 2. The second-order valence-electron chi connectivity index (χ2n) is 6.78. The number of ether oxygens (including phenoxy) is 2. The molecule has 0 aliphatic heterocycles. The summed E-state index contributed by atoms with van der Waals surface area (Å²) in [6.45, 7) is 5.40. The van der Waals surface area contributed by atoms with Crippen LogP contribution >= 0.6 is 0 Å². The highest BCUT2D eigenvalue weighted by Gasteiger charge is 2.02. The van der Waals surface area contributed by atoms with Gasteiger partial charge in [-0.25, -0.2) is 0 Å². The summed E-state index contributed by atoms with van der Waals surface area (Å²) in [5.74, 6) is 1.30. The first kappa shape index (κ1) is 25.3. The van der Waals surface area contributed by atoms with Crippen LogP contribution in [0.1, 0.15) is 71.4 Å². The summed E-state index contributed by atoms with van der Waals surface area (Å²) < 4.78 is 10.9. The zero-order valence-electron chi connectivity index (χ0n) is 17.8. The van der Waals surface area contributed by atoms with Crippen LogP contribution in [0.5, 0.6) is 11.5 Å². The van der Waals surface area contributed by atoms with Gasteiger partial charge < -0.3 is 19.7 Å². The van der Waals surface area contributed by atoms with E-state index in [1.807, 2.05) is 0 Å². The molecule has 0 saturated heterocycles. The van der Waals surface area contributed by atoms with Gasteiger partial charge in [0.15, 0.2) is 0 Å². The summed E-state index contributed by atoms with van der Waals surface area (Å²) in [5.41, 5.74) is 2.47. The molecule has 6 heteroatoms. The Morgan fingerprint density at radius 3 is 1.50 bits per heavy atom. The second-order valence-corrected chi connectivity index (χ2v) is 6.78. The molecule has 0 spiro atoms. The van der Waals surface area contributed by atoms with Gasteiger partial charge in [0.2, 0.25) is 0 Å². The van der Waals surface area contributed by atoms with Crippen molar-refractivity contribution in [2.75, 3.05) is 13.2 Å². The number of unbranched alkanes of at least 4 members (excludes halogenated alkanes) is 2. The third-order valence-electron chi connectivity index (χ3n) is 4.15. The predicted octanol–water partition coefficient (Wildman–Crippen LogP) is 4.34. The van der Waals surface area contributed by atoms with E-state index in [-0.39, 0.29) is 13.2 Å². The summed E-state index contributed by atoms with van der Waals surface area (Å²) >= 11 is 0. The van der Waals surface area contributed by atoms with Gasteiger partial charge in [0.25, 0.3) is 0 Å². The molecule has 30 heavy (non-hydrogen) atoms. The standard InChI is InChI=1S/C12H18O3.C12H14O3/c2*1-2-3-4-15-12-6-10(8-13)5-11(7-12)9-14/h5-7,13-14H,2-4,8-9H2,1H3;5-9H,2-4H2,1H3. The number of aldehydes is 2. The van der Waals surface area contributed by atoms with Gasteiger partial charge in [0.1, 0.15) is 24.1 Å². The molecule has 0 heterocycles. The number of aliphatic hydroxyl groups excluding tert-OH is 2. The first-order chi connectivity index (χ1) is 14.6. The molecular formula is C24H32O6. The quantitative estimate of drug-likeness (QED) is 0.395. The van der Waals surface area contributed by atoms with Crippen LogP contribution < -0.4 is 9.47 Å². The lowest BCUT2D eigenvalue weighted by atomic mass is 10.1. The van der Waals surface area contributed by atoms with Crippen LogP contribution in [0.25, 0.3) is 0 Å². The fourth-order valence-corrected chi connectivity index (χ4v) is 2.53. The van der Waals surface area contributed by atoms with Crippen molar-refractivity contribution in [3.8, 4) is 11.5 Å². The maximum Gasteiger partial charge on any atom is 0.150 e. The van der Waals surface area contributed by atoms with Crippen LogP contribution in [-0.4, -0.2) is 36.0 Å². The third-order valence-corrected chi connectivity index (χ3v) is 4.15. The minimum atomic E-state index is -0.0298. The van der Waals surface area contributed by atoms with Crippen molar-refractivity contribution in [3.05, 3.63) is 58.7 Å². The molecule has 2 rings (SSSR count). The lowest BCUT2D eigenvalue weighted by Gasteiger charge is -2.08. The molecule has 0 aliphatic rings. The molecule has 0 amide bonds. The summed E-state index contributed by atoms with van der Waals surface area (Å²) in [4.78, 5) is 21.2. The first-order valence-corrected chi connectivity index (χ1v) is 10.3. The Balaban J connectivity index is 0.000000300. The Morgan fingerprint density at radius 2 is 1.13 bits per heavy atom. The van der Waals surface area contributed by atoms with Crippen molar-refractivity contribution >= 4 is 12.6 Å². The second kappa shape index (κ2) is 15.2. The fraction of sp³-hybridized carbons (Fsp3) is 0.417. The van der Waals surface area contributed by atoms with E-state index < -0.39 is 0 Å². The third kappa shape index (κ3) is 9.67. The Morgan fingerprint density at radius 1 is 0.700 bits per heavy atom. The van der Waals surface area contributed by atoms with Crippen molar-refractivity contribution in [2.45, 2.75) is 52.7 Å². The van der Waals surface area contributed by atoms with Gasteiger partial charge in [-0.2, -0.15) is 0 Å². The number of aliphatic hydroxyl groups is 2. The smallest absolute Gasteiger partial charge is 0.150 e. The largest absolute Gasteiger partial charge is 0.494 e. The molecule has 0 unspecified atom stereocenters. The van der Waals surface area contributed by atoms with Gasteiger partial charge >= 0.3 is 0 Å². The van der Waals surface area contributed by atoms with E-state index >= 15 is 0 Å².